The van der Waals surface area contributed by atoms with Crippen LogP contribution in [0.1, 0.15) is 21.5 Å². The molecule has 3 aromatic carbocycles. The number of alkyl halides is 3. The van der Waals surface area contributed by atoms with Gasteiger partial charge in [0.15, 0.2) is 11.5 Å². The molecule has 5 aromatic rings. The molecule has 0 fully saturated rings. The first-order valence-corrected chi connectivity index (χ1v) is 11.5. The topological polar surface area (TPSA) is 111 Å². The number of fused-ring (bicyclic) bond motifs is 1. The van der Waals surface area contributed by atoms with Gasteiger partial charge in [-0.05, 0) is 67.1 Å². The number of aromatic nitrogens is 4. The second-order valence-electron chi connectivity index (χ2n) is 8.71. The second kappa shape index (κ2) is 9.51. The molecule has 0 saturated carbocycles. The van der Waals surface area contributed by atoms with Crippen LogP contribution in [-0.4, -0.2) is 25.7 Å². The Morgan fingerprint density at radius 1 is 1.00 bits per heavy atom. The first-order valence-electron chi connectivity index (χ1n) is 11.5. The predicted octanol–water partition coefficient (Wildman–Crippen LogP) is 5.94. The highest BCUT2D eigenvalue weighted by Crippen LogP contribution is 2.32. The summed E-state index contributed by atoms with van der Waals surface area (Å²) in [4.78, 5) is 22.2. The van der Waals surface area contributed by atoms with Gasteiger partial charge in [-0.3, -0.25) is 9.48 Å². The standard InChI is InChI=1S/C27H22F3N7O/c1-15-6-7-17(26(38)33-20-5-3-4-18(13-20)27(28,29)30)12-22(15)34-24-21-14-32-37(2)25(21)36-23(35-24)16-8-10-19(31)11-9-16/h3-14H,31H2,1-2H3,(H,33,38)(H,34,35,36). The first kappa shape index (κ1) is 24.8. The molecule has 2 heterocycles. The van der Waals surface area contributed by atoms with E-state index in [0.29, 0.717) is 34.1 Å². The summed E-state index contributed by atoms with van der Waals surface area (Å²) in [6.07, 6.45) is -2.87. The smallest absolute Gasteiger partial charge is 0.399 e. The lowest BCUT2D eigenvalue weighted by atomic mass is 10.1. The summed E-state index contributed by atoms with van der Waals surface area (Å²) in [6.45, 7) is 1.86. The Balaban J connectivity index is 1.47. The number of rotatable bonds is 5. The van der Waals surface area contributed by atoms with Gasteiger partial charge < -0.3 is 16.4 Å². The van der Waals surface area contributed by atoms with Gasteiger partial charge in [0.1, 0.15) is 5.82 Å². The number of amides is 1. The number of nitrogens with two attached hydrogens (primary N) is 1. The van der Waals surface area contributed by atoms with Crippen molar-refractivity contribution in [1.29, 1.82) is 0 Å². The van der Waals surface area contributed by atoms with Crippen LogP contribution in [0.5, 0.6) is 0 Å². The SMILES string of the molecule is Cc1ccc(C(=O)Nc2cccc(C(F)(F)F)c2)cc1Nc1nc(-c2ccc(N)cc2)nc2c1cnn2C. The van der Waals surface area contributed by atoms with Crippen molar-refractivity contribution in [3.63, 3.8) is 0 Å². The van der Waals surface area contributed by atoms with E-state index in [1.807, 2.05) is 19.1 Å². The van der Waals surface area contributed by atoms with Crippen molar-refractivity contribution in [1.82, 2.24) is 19.7 Å². The van der Waals surface area contributed by atoms with Crippen LogP contribution in [0.15, 0.2) is 72.9 Å². The number of hydrogen-bond acceptors (Lipinski definition) is 6. The summed E-state index contributed by atoms with van der Waals surface area (Å²) < 4.78 is 40.8. The van der Waals surface area contributed by atoms with E-state index in [-0.39, 0.29) is 11.3 Å². The van der Waals surface area contributed by atoms with Gasteiger partial charge in [0.25, 0.3) is 5.91 Å². The fourth-order valence-electron chi connectivity index (χ4n) is 3.88. The molecule has 5 rings (SSSR count). The maximum absolute atomic E-state index is 13.1. The third-order valence-electron chi connectivity index (χ3n) is 5.96. The summed E-state index contributed by atoms with van der Waals surface area (Å²) in [6, 6.07) is 16.6. The average molecular weight is 518 g/mol. The van der Waals surface area contributed by atoms with Crippen molar-refractivity contribution >= 4 is 39.8 Å². The molecule has 4 N–H and O–H groups in total. The Bertz CT molecular complexity index is 1660. The zero-order valence-electron chi connectivity index (χ0n) is 20.3. The van der Waals surface area contributed by atoms with Crippen LogP contribution in [0.3, 0.4) is 0 Å². The molecule has 0 aliphatic rings. The number of carbonyl (C=O) groups excluding carboxylic acids is 1. The highest BCUT2D eigenvalue weighted by atomic mass is 19.4. The normalized spacial score (nSPS) is 11.5. The molecule has 1 amide bonds. The van der Waals surface area contributed by atoms with Crippen LogP contribution in [0.25, 0.3) is 22.4 Å². The van der Waals surface area contributed by atoms with Crippen molar-refractivity contribution in [3.05, 3.63) is 89.6 Å². The molecule has 0 aliphatic carbocycles. The van der Waals surface area contributed by atoms with Crippen LogP contribution in [0, 0.1) is 6.92 Å². The van der Waals surface area contributed by atoms with Gasteiger partial charge in [0, 0.05) is 35.2 Å². The summed E-state index contributed by atoms with van der Waals surface area (Å²) in [5.74, 6) is 0.386. The number of halogens is 3. The molecule has 11 heteroatoms. The van der Waals surface area contributed by atoms with Crippen LogP contribution in [0.2, 0.25) is 0 Å². The fraction of sp³-hybridized carbons (Fsp3) is 0.111. The van der Waals surface area contributed by atoms with E-state index in [1.165, 1.54) is 12.1 Å². The van der Waals surface area contributed by atoms with E-state index in [0.717, 1.165) is 23.3 Å². The molecule has 38 heavy (non-hydrogen) atoms. The summed E-state index contributed by atoms with van der Waals surface area (Å²) >= 11 is 0. The molecule has 8 nitrogen and oxygen atoms in total. The van der Waals surface area contributed by atoms with Gasteiger partial charge in [-0.15, -0.1) is 0 Å². The summed E-state index contributed by atoms with van der Waals surface area (Å²) in [7, 11) is 1.77. The van der Waals surface area contributed by atoms with Crippen LogP contribution in [-0.2, 0) is 13.2 Å². The van der Waals surface area contributed by atoms with Crippen LogP contribution < -0.4 is 16.4 Å². The minimum absolute atomic E-state index is 0.0425. The highest BCUT2D eigenvalue weighted by Gasteiger charge is 2.30. The van der Waals surface area contributed by atoms with Crippen molar-refractivity contribution < 1.29 is 18.0 Å². The van der Waals surface area contributed by atoms with E-state index < -0.39 is 17.6 Å². The molecular weight excluding hydrogens is 495 g/mol. The van der Waals surface area contributed by atoms with Gasteiger partial charge >= 0.3 is 6.18 Å². The van der Waals surface area contributed by atoms with E-state index >= 15 is 0 Å². The summed E-state index contributed by atoms with van der Waals surface area (Å²) in [5, 5.41) is 10.8. The average Bonchev–Trinajstić information content (AvgIpc) is 3.26. The van der Waals surface area contributed by atoms with Crippen molar-refractivity contribution in [3.8, 4) is 11.4 Å². The Morgan fingerprint density at radius 2 is 1.76 bits per heavy atom. The molecule has 0 atom stereocenters. The fourth-order valence-corrected chi connectivity index (χ4v) is 3.88. The van der Waals surface area contributed by atoms with Gasteiger partial charge in [-0.1, -0.05) is 12.1 Å². The lowest BCUT2D eigenvalue weighted by Crippen LogP contribution is -2.13. The molecule has 0 radical (unpaired) electrons. The highest BCUT2D eigenvalue weighted by molar-refractivity contribution is 6.05. The predicted molar refractivity (Wildman–Crippen MR) is 140 cm³/mol. The minimum atomic E-state index is -4.51. The molecule has 2 aromatic heterocycles. The van der Waals surface area contributed by atoms with Gasteiger partial charge in [0.2, 0.25) is 0 Å². The Morgan fingerprint density at radius 3 is 2.50 bits per heavy atom. The van der Waals surface area contributed by atoms with Gasteiger partial charge in [-0.2, -0.15) is 18.3 Å². The molecule has 0 saturated heterocycles. The monoisotopic (exact) mass is 517 g/mol. The third kappa shape index (κ3) is 4.99. The number of nitrogens with one attached hydrogen (secondary N) is 2. The zero-order valence-corrected chi connectivity index (χ0v) is 20.3. The number of hydrogen-bond donors (Lipinski definition) is 3. The molecule has 0 aliphatic heterocycles. The number of anilines is 4. The van der Waals surface area contributed by atoms with E-state index in [1.54, 1.807) is 48.3 Å². The summed E-state index contributed by atoms with van der Waals surface area (Å²) in [5.41, 5.74) is 8.66. The number of aryl methyl sites for hydroxylation is 2. The number of carbonyl (C=O) groups is 1. The largest absolute Gasteiger partial charge is 0.416 e. The minimum Gasteiger partial charge on any atom is -0.399 e. The van der Waals surface area contributed by atoms with Crippen molar-refractivity contribution in [2.45, 2.75) is 13.1 Å². The number of nitrogens with zero attached hydrogens (tertiary/aromatic N) is 4. The zero-order chi connectivity index (χ0) is 27.0. The Labute approximate surface area is 215 Å². The number of benzene rings is 3. The second-order valence-corrected chi connectivity index (χ2v) is 8.71. The first-order chi connectivity index (χ1) is 18.1. The molecular formula is C27H22F3N7O. The number of nitrogen functional groups attached to an aromatic ring is 1. The van der Waals surface area contributed by atoms with Gasteiger partial charge in [-0.25, -0.2) is 9.97 Å². The van der Waals surface area contributed by atoms with Gasteiger partial charge in [0.05, 0.1) is 17.1 Å². The molecule has 0 spiro atoms. The lowest BCUT2D eigenvalue weighted by Gasteiger charge is -2.14. The van der Waals surface area contributed by atoms with Crippen LogP contribution >= 0.6 is 0 Å². The molecule has 192 valence electrons. The van der Waals surface area contributed by atoms with Crippen LogP contribution in [0.4, 0.5) is 36.1 Å². The van der Waals surface area contributed by atoms with E-state index in [9.17, 15) is 18.0 Å². The Kier molecular flexibility index (Phi) is 6.19. The third-order valence-corrected chi connectivity index (χ3v) is 5.96. The maximum atomic E-state index is 13.1. The lowest BCUT2D eigenvalue weighted by molar-refractivity contribution is -0.137. The van der Waals surface area contributed by atoms with Crippen molar-refractivity contribution in [2.24, 2.45) is 7.05 Å². The molecule has 0 bridgehead atoms. The quantitative estimate of drug-likeness (QED) is 0.249. The molecule has 0 unspecified atom stereocenters. The van der Waals surface area contributed by atoms with E-state index in [4.69, 9.17) is 10.7 Å². The Hall–Kier alpha value is -4.93. The van der Waals surface area contributed by atoms with E-state index in [2.05, 4.69) is 20.7 Å². The van der Waals surface area contributed by atoms with Crippen molar-refractivity contribution in [2.75, 3.05) is 16.4 Å². The maximum Gasteiger partial charge on any atom is 0.416 e.